The molecule has 2 aromatic carbocycles. The van der Waals surface area contributed by atoms with Crippen LogP contribution in [0.1, 0.15) is 27.7 Å². The molecule has 4 rings (SSSR count). The van der Waals surface area contributed by atoms with Gasteiger partial charge in [0.2, 0.25) is 12.4 Å². The summed E-state index contributed by atoms with van der Waals surface area (Å²) in [5.41, 5.74) is 0.832. The first-order valence-corrected chi connectivity index (χ1v) is 13.1. The minimum absolute atomic E-state index is 0.130. The van der Waals surface area contributed by atoms with E-state index in [2.05, 4.69) is 0 Å². The SMILES string of the molecule is CC(=O)OC[C@@H]1O[C@@H](Oc2ccc3c(=O)c(-c4ccc(Cl)cc4)coc3c2)[C@H](OC(C)=O)[C@@H](OC(C)=O)[C@@H]1OC(C)=O. The quantitative estimate of drug-likeness (QED) is 0.273. The van der Waals surface area contributed by atoms with Crippen molar-refractivity contribution in [1.29, 1.82) is 0 Å². The number of ether oxygens (including phenoxy) is 6. The Bertz CT molecular complexity index is 1550. The molecule has 0 spiro atoms. The lowest BCUT2D eigenvalue weighted by Crippen LogP contribution is -2.63. The molecule has 13 heteroatoms. The molecule has 1 saturated heterocycles. The summed E-state index contributed by atoms with van der Waals surface area (Å²) >= 11 is 5.95. The van der Waals surface area contributed by atoms with E-state index in [-0.39, 0.29) is 22.1 Å². The van der Waals surface area contributed by atoms with Gasteiger partial charge in [0.05, 0.1) is 10.9 Å². The summed E-state index contributed by atoms with van der Waals surface area (Å²) in [5.74, 6) is -2.81. The number of benzene rings is 2. The van der Waals surface area contributed by atoms with Crippen molar-refractivity contribution >= 4 is 46.4 Å². The van der Waals surface area contributed by atoms with E-state index in [4.69, 9.17) is 44.4 Å². The van der Waals surface area contributed by atoms with Gasteiger partial charge >= 0.3 is 23.9 Å². The number of fused-ring (bicyclic) bond motifs is 1. The lowest BCUT2D eigenvalue weighted by molar-refractivity contribution is -0.288. The third-order valence-corrected chi connectivity index (χ3v) is 6.35. The molecule has 0 unspecified atom stereocenters. The first-order valence-electron chi connectivity index (χ1n) is 12.7. The van der Waals surface area contributed by atoms with E-state index in [1.165, 1.54) is 31.4 Å². The molecule has 1 fully saturated rings. The summed E-state index contributed by atoms with van der Waals surface area (Å²) in [6.07, 6.45) is -5.45. The molecule has 0 aliphatic carbocycles. The van der Waals surface area contributed by atoms with Crippen LogP contribution in [0.2, 0.25) is 5.02 Å². The van der Waals surface area contributed by atoms with Crippen molar-refractivity contribution in [1.82, 2.24) is 0 Å². The summed E-state index contributed by atoms with van der Waals surface area (Å²) < 4.78 is 38.9. The van der Waals surface area contributed by atoms with Crippen molar-refractivity contribution in [3.63, 3.8) is 0 Å². The summed E-state index contributed by atoms with van der Waals surface area (Å²) in [6.45, 7) is 4.13. The molecule has 3 aromatic rings. The van der Waals surface area contributed by atoms with E-state index in [0.717, 1.165) is 20.8 Å². The fraction of sp³-hybridized carbons (Fsp3) is 0.345. The lowest BCUT2D eigenvalue weighted by atomic mass is 9.98. The molecule has 5 atom stereocenters. The first kappa shape index (κ1) is 30.5. The Morgan fingerprint density at radius 2 is 1.43 bits per heavy atom. The molecule has 2 heterocycles. The normalized spacial score (nSPS) is 21.7. The molecular weight excluding hydrogens is 576 g/mol. The van der Waals surface area contributed by atoms with Crippen LogP contribution in [-0.2, 0) is 42.9 Å². The zero-order chi connectivity index (χ0) is 30.6. The van der Waals surface area contributed by atoms with E-state index in [1.807, 2.05) is 0 Å². The Morgan fingerprint density at radius 1 is 0.810 bits per heavy atom. The molecule has 0 amide bonds. The Morgan fingerprint density at radius 3 is 2.05 bits per heavy atom. The van der Waals surface area contributed by atoms with Gasteiger partial charge in [-0.1, -0.05) is 23.7 Å². The topological polar surface area (TPSA) is 154 Å². The molecule has 1 aliphatic heterocycles. The van der Waals surface area contributed by atoms with E-state index in [9.17, 15) is 24.0 Å². The maximum Gasteiger partial charge on any atom is 0.303 e. The average molecular weight is 603 g/mol. The van der Waals surface area contributed by atoms with Gasteiger partial charge in [0.15, 0.2) is 17.6 Å². The molecule has 0 N–H and O–H groups in total. The van der Waals surface area contributed by atoms with E-state index in [0.29, 0.717) is 16.1 Å². The molecule has 42 heavy (non-hydrogen) atoms. The minimum atomic E-state index is -1.44. The molecule has 0 bridgehead atoms. The largest absolute Gasteiger partial charge is 0.463 e. The Hall–Kier alpha value is -4.42. The van der Waals surface area contributed by atoms with Crippen LogP contribution in [0.4, 0.5) is 0 Å². The van der Waals surface area contributed by atoms with Gasteiger partial charge in [-0.15, -0.1) is 0 Å². The Kier molecular flexibility index (Phi) is 9.48. The average Bonchev–Trinajstić information content (AvgIpc) is 2.91. The highest BCUT2D eigenvalue weighted by Gasteiger charge is 2.53. The number of esters is 4. The standard InChI is InChI=1S/C29H27ClO12/c1-14(31)36-13-24-26(38-15(2)32)27(39-16(3)33)28(40-17(4)34)29(42-24)41-20-9-10-21-23(11-20)37-12-22(25(21)35)18-5-7-19(30)8-6-18/h5-12,24,26-29H,13H2,1-4H3/t24-,26+,27-,28+,29+/m0/s1. The van der Waals surface area contributed by atoms with Crippen molar-refractivity contribution < 1.29 is 52.0 Å². The fourth-order valence-electron chi connectivity index (χ4n) is 4.43. The molecule has 0 radical (unpaired) electrons. The van der Waals surface area contributed by atoms with Crippen molar-refractivity contribution in [3.05, 3.63) is 64.0 Å². The summed E-state index contributed by atoms with van der Waals surface area (Å²) in [4.78, 5) is 60.7. The second-order valence-electron chi connectivity index (χ2n) is 9.33. The van der Waals surface area contributed by atoms with E-state index >= 15 is 0 Å². The lowest BCUT2D eigenvalue weighted by Gasteiger charge is -2.43. The summed E-state index contributed by atoms with van der Waals surface area (Å²) in [6, 6.07) is 11.1. The van der Waals surface area contributed by atoms with Crippen molar-refractivity contribution in [2.24, 2.45) is 0 Å². The van der Waals surface area contributed by atoms with Gasteiger partial charge < -0.3 is 32.8 Å². The molecule has 0 saturated carbocycles. The highest BCUT2D eigenvalue weighted by molar-refractivity contribution is 6.30. The maximum absolute atomic E-state index is 13.2. The highest BCUT2D eigenvalue weighted by atomic mass is 35.5. The van der Waals surface area contributed by atoms with Crippen LogP contribution in [-0.4, -0.2) is 61.2 Å². The second-order valence-corrected chi connectivity index (χ2v) is 9.77. The zero-order valence-corrected chi connectivity index (χ0v) is 23.7. The Labute approximate surface area is 244 Å². The minimum Gasteiger partial charge on any atom is -0.463 e. The number of carbonyl (C=O) groups excluding carboxylic acids is 4. The predicted molar refractivity (Wildman–Crippen MR) is 146 cm³/mol. The monoisotopic (exact) mass is 602 g/mol. The summed E-state index contributed by atoms with van der Waals surface area (Å²) in [7, 11) is 0. The smallest absolute Gasteiger partial charge is 0.303 e. The van der Waals surface area contributed by atoms with Gasteiger partial charge in [-0.25, -0.2) is 0 Å². The van der Waals surface area contributed by atoms with Crippen LogP contribution in [0.25, 0.3) is 22.1 Å². The van der Waals surface area contributed by atoms with Gasteiger partial charge in [-0.3, -0.25) is 24.0 Å². The van der Waals surface area contributed by atoms with E-state index in [1.54, 1.807) is 24.3 Å². The number of hydrogen-bond acceptors (Lipinski definition) is 12. The van der Waals surface area contributed by atoms with Gasteiger partial charge in [0.1, 0.15) is 30.3 Å². The maximum atomic E-state index is 13.2. The fourth-order valence-corrected chi connectivity index (χ4v) is 4.55. The predicted octanol–water partition coefficient (Wildman–Crippen LogP) is 3.58. The first-order chi connectivity index (χ1) is 19.9. The number of hydrogen-bond donors (Lipinski definition) is 0. The van der Waals surface area contributed by atoms with Crippen molar-refractivity contribution in [3.8, 4) is 16.9 Å². The molecule has 1 aliphatic rings. The second kappa shape index (κ2) is 13.0. The van der Waals surface area contributed by atoms with Crippen LogP contribution >= 0.6 is 11.6 Å². The third kappa shape index (κ3) is 7.25. The van der Waals surface area contributed by atoms with Crippen molar-refractivity contribution in [2.45, 2.75) is 58.4 Å². The van der Waals surface area contributed by atoms with Crippen LogP contribution in [0.15, 0.2) is 57.9 Å². The van der Waals surface area contributed by atoms with Crippen LogP contribution < -0.4 is 10.2 Å². The van der Waals surface area contributed by atoms with Crippen LogP contribution in [0.3, 0.4) is 0 Å². The number of rotatable bonds is 8. The Balaban J connectivity index is 1.70. The molecular formula is C29H27ClO12. The number of halogens is 1. The van der Waals surface area contributed by atoms with E-state index < -0.39 is 61.2 Å². The number of carbonyl (C=O) groups is 4. The van der Waals surface area contributed by atoms with Crippen molar-refractivity contribution in [2.75, 3.05) is 6.61 Å². The highest BCUT2D eigenvalue weighted by Crippen LogP contribution is 2.32. The molecule has 1 aromatic heterocycles. The van der Waals surface area contributed by atoms with Crippen LogP contribution in [0, 0.1) is 0 Å². The third-order valence-electron chi connectivity index (χ3n) is 6.10. The van der Waals surface area contributed by atoms with Gasteiger partial charge in [-0.05, 0) is 29.8 Å². The zero-order valence-electron chi connectivity index (χ0n) is 23.0. The van der Waals surface area contributed by atoms with Gasteiger partial charge in [0, 0.05) is 38.8 Å². The molecule has 222 valence electrons. The summed E-state index contributed by atoms with van der Waals surface area (Å²) in [5, 5.41) is 0.782. The van der Waals surface area contributed by atoms with Gasteiger partial charge in [0.25, 0.3) is 0 Å². The molecule has 12 nitrogen and oxygen atoms in total. The van der Waals surface area contributed by atoms with Gasteiger partial charge in [-0.2, -0.15) is 0 Å². The van der Waals surface area contributed by atoms with Crippen LogP contribution in [0.5, 0.6) is 5.75 Å².